The standard InChI is InChI=1S/C25H22FN3O5S/c26-21-13-7-8-14-23(21)35(32,33)28-22(17-19-9-3-1-4-10-19)25(31)34-18-24(30)29(16-15-27)20-11-5-2-6-12-20/h1-14,22,28H,16-18H2/t22-/m0/s1. The molecule has 35 heavy (non-hydrogen) atoms. The number of carbonyl (C=O) groups is 2. The smallest absolute Gasteiger partial charge is 0.325 e. The second-order valence-corrected chi connectivity index (χ2v) is 9.06. The van der Waals surface area contributed by atoms with E-state index >= 15 is 0 Å². The van der Waals surface area contributed by atoms with E-state index < -0.39 is 45.3 Å². The fourth-order valence-electron chi connectivity index (χ4n) is 3.25. The number of halogens is 1. The molecule has 0 aliphatic carbocycles. The Hall–Kier alpha value is -4.07. The van der Waals surface area contributed by atoms with Gasteiger partial charge in [0.2, 0.25) is 10.0 Å². The zero-order valence-electron chi connectivity index (χ0n) is 18.5. The molecule has 3 aromatic carbocycles. The Morgan fingerprint density at radius 3 is 2.20 bits per heavy atom. The Kier molecular flexibility index (Phi) is 8.67. The van der Waals surface area contributed by atoms with Gasteiger partial charge in [-0.2, -0.15) is 9.98 Å². The number of hydrogen-bond acceptors (Lipinski definition) is 6. The van der Waals surface area contributed by atoms with Crippen LogP contribution in [-0.2, 0) is 30.8 Å². The molecule has 3 rings (SSSR count). The van der Waals surface area contributed by atoms with Crippen LogP contribution >= 0.6 is 0 Å². The third-order valence-corrected chi connectivity index (χ3v) is 6.43. The molecule has 0 unspecified atom stereocenters. The average Bonchev–Trinajstić information content (AvgIpc) is 2.86. The van der Waals surface area contributed by atoms with Gasteiger partial charge in [-0.15, -0.1) is 0 Å². The average molecular weight is 496 g/mol. The van der Waals surface area contributed by atoms with Crippen molar-refractivity contribution in [1.29, 1.82) is 5.26 Å². The maximum Gasteiger partial charge on any atom is 0.325 e. The van der Waals surface area contributed by atoms with E-state index in [1.54, 1.807) is 60.7 Å². The van der Waals surface area contributed by atoms with E-state index in [0.717, 1.165) is 17.0 Å². The fraction of sp³-hybridized carbons (Fsp3) is 0.160. The zero-order valence-corrected chi connectivity index (χ0v) is 19.3. The number of esters is 1. The summed E-state index contributed by atoms with van der Waals surface area (Å²) in [4.78, 5) is 26.1. The molecule has 0 spiro atoms. The minimum Gasteiger partial charge on any atom is -0.454 e. The van der Waals surface area contributed by atoms with E-state index in [4.69, 9.17) is 10.00 Å². The number of para-hydroxylation sites is 1. The van der Waals surface area contributed by atoms with E-state index in [1.165, 1.54) is 12.1 Å². The van der Waals surface area contributed by atoms with E-state index in [2.05, 4.69) is 4.72 Å². The maximum atomic E-state index is 14.1. The van der Waals surface area contributed by atoms with Crippen LogP contribution in [0, 0.1) is 17.1 Å². The van der Waals surface area contributed by atoms with Gasteiger partial charge in [-0.05, 0) is 36.2 Å². The first-order valence-corrected chi connectivity index (χ1v) is 12.0. The molecule has 0 saturated carbocycles. The summed E-state index contributed by atoms with van der Waals surface area (Å²) in [7, 11) is -4.43. The summed E-state index contributed by atoms with van der Waals surface area (Å²) in [5, 5.41) is 9.08. The van der Waals surface area contributed by atoms with Gasteiger partial charge in [0.05, 0.1) is 6.07 Å². The van der Waals surface area contributed by atoms with Gasteiger partial charge >= 0.3 is 5.97 Å². The molecule has 0 bridgehead atoms. The molecule has 10 heteroatoms. The van der Waals surface area contributed by atoms with E-state index in [9.17, 15) is 22.4 Å². The second-order valence-electron chi connectivity index (χ2n) is 7.38. The van der Waals surface area contributed by atoms with Crippen LogP contribution in [0.4, 0.5) is 10.1 Å². The van der Waals surface area contributed by atoms with Gasteiger partial charge < -0.3 is 4.74 Å². The number of nitrogens with zero attached hydrogens (tertiary/aromatic N) is 2. The molecule has 8 nitrogen and oxygen atoms in total. The normalized spacial score (nSPS) is 11.8. The molecule has 0 radical (unpaired) electrons. The van der Waals surface area contributed by atoms with Crippen LogP contribution in [-0.4, -0.2) is 39.5 Å². The lowest BCUT2D eigenvalue weighted by Crippen LogP contribution is -2.45. The van der Waals surface area contributed by atoms with Crippen molar-refractivity contribution in [3.05, 3.63) is 96.3 Å². The lowest BCUT2D eigenvalue weighted by molar-refractivity contribution is -0.149. The molecule has 0 aliphatic rings. The van der Waals surface area contributed by atoms with Gasteiger partial charge in [-0.25, -0.2) is 12.8 Å². The summed E-state index contributed by atoms with van der Waals surface area (Å²) < 4.78 is 47.1. The number of nitriles is 1. The number of carbonyl (C=O) groups excluding carboxylic acids is 2. The highest BCUT2D eigenvalue weighted by atomic mass is 32.2. The van der Waals surface area contributed by atoms with E-state index in [1.807, 2.05) is 6.07 Å². The van der Waals surface area contributed by atoms with Gasteiger partial charge in [0.15, 0.2) is 6.61 Å². The number of sulfonamides is 1. The minimum atomic E-state index is -4.43. The van der Waals surface area contributed by atoms with Crippen LogP contribution in [0.1, 0.15) is 5.56 Å². The molecule has 3 aromatic rings. The predicted molar refractivity (Wildman–Crippen MR) is 126 cm³/mol. The van der Waals surface area contributed by atoms with Crippen LogP contribution in [0.25, 0.3) is 0 Å². The molecule has 1 atom stereocenters. The maximum absolute atomic E-state index is 14.1. The summed E-state index contributed by atoms with van der Waals surface area (Å²) in [6, 6.07) is 22.1. The number of benzene rings is 3. The fourth-order valence-corrected chi connectivity index (χ4v) is 4.51. The van der Waals surface area contributed by atoms with Crippen molar-refractivity contribution < 1.29 is 27.1 Å². The number of rotatable bonds is 10. The molecule has 1 amide bonds. The van der Waals surface area contributed by atoms with Crippen LogP contribution < -0.4 is 9.62 Å². The number of hydrogen-bond donors (Lipinski definition) is 1. The van der Waals surface area contributed by atoms with Crippen molar-refractivity contribution in [1.82, 2.24) is 4.72 Å². The number of amides is 1. The summed E-state index contributed by atoms with van der Waals surface area (Å²) in [6.07, 6.45) is -0.0951. The van der Waals surface area contributed by atoms with Crippen LogP contribution in [0.3, 0.4) is 0 Å². The van der Waals surface area contributed by atoms with Gasteiger partial charge in [-0.3, -0.25) is 14.5 Å². The zero-order chi connectivity index (χ0) is 25.3. The Labute approximate surface area is 202 Å². The minimum absolute atomic E-state index is 0.0951. The van der Waals surface area contributed by atoms with E-state index in [0.29, 0.717) is 11.3 Å². The van der Waals surface area contributed by atoms with Crippen molar-refractivity contribution in [2.45, 2.75) is 17.4 Å². The molecule has 180 valence electrons. The van der Waals surface area contributed by atoms with E-state index in [-0.39, 0.29) is 13.0 Å². The Balaban J connectivity index is 1.78. The van der Waals surface area contributed by atoms with Crippen LogP contribution in [0.5, 0.6) is 0 Å². The summed E-state index contributed by atoms with van der Waals surface area (Å²) in [6.45, 7) is -0.990. The monoisotopic (exact) mass is 495 g/mol. The molecular weight excluding hydrogens is 473 g/mol. The van der Waals surface area contributed by atoms with Crippen molar-refractivity contribution in [2.24, 2.45) is 0 Å². The molecule has 0 aromatic heterocycles. The molecule has 0 fully saturated rings. The van der Waals surface area contributed by atoms with Crippen molar-refractivity contribution in [3.8, 4) is 6.07 Å². The van der Waals surface area contributed by atoms with Crippen molar-refractivity contribution in [3.63, 3.8) is 0 Å². The number of nitrogens with one attached hydrogen (secondary N) is 1. The summed E-state index contributed by atoms with van der Waals surface area (Å²) >= 11 is 0. The quantitative estimate of drug-likeness (QED) is 0.342. The second kappa shape index (κ2) is 11.9. The molecule has 0 aliphatic heterocycles. The first-order valence-electron chi connectivity index (χ1n) is 10.5. The summed E-state index contributed by atoms with van der Waals surface area (Å²) in [5.41, 5.74) is 1.06. The largest absolute Gasteiger partial charge is 0.454 e. The Bertz CT molecular complexity index is 1310. The summed E-state index contributed by atoms with van der Waals surface area (Å²) in [5.74, 6) is -2.66. The van der Waals surface area contributed by atoms with Crippen molar-refractivity contribution in [2.75, 3.05) is 18.1 Å². The highest BCUT2D eigenvalue weighted by Crippen LogP contribution is 2.16. The van der Waals surface area contributed by atoms with Gasteiger partial charge in [0.1, 0.15) is 23.3 Å². The molecule has 0 heterocycles. The number of ether oxygens (including phenoxy) is 1. The first-order chi connectivity index (χ1) is 16.8. The lowest BCUT2D eigenvalue weighted by atomic mass is 10.1. The van der Waals surface area contributed by atoms with Gasteiger partial charge in [0, 0.05) is 5.69 Å². The van der Waals surface area contributed by atoms with Gasteiger partial charge in [0.25, 0.3) is 5.91 Å². The first kappa shape index (κ1) is 25.6. The third-order valence-electron chi connectivity index (χ3n) is 4.93. The third kappa shape index (κ3) is 6.96. The SMILES string of the molecule is N#CCN(C(=O)COC(=O)[C@H](Cc1ccccc1)NS(=O)(=O)c1ccccc1F)c1ccccc1. The van der Waals surface area contributed by atoms with Crippen LogP contribution in [0.15, 0.2) is 89.8 Å². The Morgan fingerprint density at radius 2 is 1.57 bits per heavy atom. The molecule has 1 N–H and O–H groups in total. The topological polar surface area (TPSA) is 117 Å². The highest BCUT2D eigenvalue weighted by Gasteiger charge is 2.30. The Morgan fingerprint density at radius 1 is 0.971 bits per heavy atom. The number of anilines is 1. The lowest BCUT2D eigenvalue weighted by Gasteiger charge is -2.21. The molecular formula is C25H22FN3O5S. The predicted octanol–water partition coefficient (Wildman–Crippen LogP) is 2.82. The highest BCUT2D eigenvalue weighted by molar-refractivity contribution is 7.89. The van der Waals surface area contributed by atoms with Gasteiger partial charge in [-0.1, -0.05) is 60.7 Å². The van der Waals surface area contributed by atoms with Crippen LogP contribution in [0.2, 0.25) is 0 Å². The van der Waals surface area contributed by atoms with Crippen molar-refractivity contribution >= 4 is 27.6 Å². The molecule has 0 saturated heterocycles.